The lowest BCUT2D eigenvalue weighted by molar-refractivity contribution is 0.0696. The summed E-state index contributed by atoms with van der Waals surface area (Å²) >= 11 is 0. The average Bonchev–Trinajstić information content (AvgIpc) is 2.32. The molecule has 1 N–H and O–H groups in total. The molecule has 0 saturated carbocycles. The van der Waals surface area contributed by atoms with E-state index in [-0.39, 0.29) is 11.4 Å². The molecule has 0 unspecified atom stereocenters. The lowest BCUT2D eigenvalue weighted by atomic mass is 9.93. The second-order valence-corrected chi connectivity index (χ2v) is 4.23. The Hall–Kier alpha value is -2.16. The van der Waals surface area contributed by atoms with Crippen LogP contribution in [0, 0.1) is 19.7 Å². The molecule has 3 heteroatoms. The minimum absolute atomic E-state index is 0.285. The van der Waals surface area contributed by atoms with Crippen LogP contribution in [0.5, 0.6) is 0 Å². The zero-order chi connectivity index (χ0) is 13.3. The maximum Gasteiger partial charge on any atom is 0.335 e. The lowest BCUT2D eigenvalue weighted by Gasteiger charge is -2.11. The average molecular weight is 244 g/mol. The first-order valence-corrected chi connectivity index (χ1v) is 5.60. The third-order valence-corrected chi connectivity index (χ3v) is 3.15. The summed E-state index contributed by atoms with van der Waals surface area (Å²) in [6.07, 6.45) is 0. The molecule has 92 valence electrons. The van der Waals surface area contributed by atoms with Gasteiger partial charge in [0, 0.05) is 0 Å². The Morgan fingerprint density at radius 3 is 2.44 bits per heavy atom. The molecule has 18 heavy (non-hydrogen) atoms. The van der Waals surface area contributed by atoms with Crippen molar-refractivity contribution in [1.29, 1.82) is 0 Å². The summed E-state index contributed by atoms with van der Waals surface area (Å²) in [6.45, 7) is 3.61. The zero-order valence-corrected chi connectivity index (χ0v) is 10.2. The largest absolute Gasteiger partial charge is 0.478 e. The minimum atomic E-state index is -0.943. The number of rotatable bonds is 2. The molecule has 0 spiro atoms. The summed E-state index contributed by atoms with van der Waals surface area (Å²) in [5.41, 5.74) is 3.47. The fourth-order valence-electron chi connectivity index (χ4n) is 2.02. The summed E-state index contributed by atoms with van der Waals surface area (Å²) in [5, 5.41) is 9.04. The van der Waals surface area contributed by atoms with Gasteiger partial charge >= 0.3 is 5.97 Å². The fourth-order valence-corrected chi connectivity index (χ4v) is 2.02. The van der Waals surface area contributed by atoms with Crippen LogP contribution < -0.4 is 0 Å². The van der Waals surface area contributed by atoms with Gasteiger partial charge in [0.15, 0.2) is 0 Å². The van der Waals surface area contributed by atoms with Crippen LogP contribution in [0.3, 0.4) is 0 Å². The van der Waals surface area contributed by atoms with Gasteiger partial charge in [0.05, 0.1) is 5.56 Å². The maximum absolute atomic E-state index is 13.2. The molecule has 0 radical (unpaired) electrons. The van der Waals surface area contributed by atoms with Gasteiger partial charge in [-0.05, 0) is 54.3 Å². The van der Waals surface area contributed by atoms with Gasteiger partial charge in [0.2, 0.25) is 0 Å². The van der Waals surface area contributed by atoms with E-state index in [2.05, 4.69) is 0 Å². The molecule has 0 aliphatic rings. The summed E-state index contributed by atoms with van der Waals surface area (Å²) < 4.78 is 13.2. The highest BCUT2D eigenvalue weighted by Crippen LogP contribution is 2.28. The van der Waals surface area contributed by atoms with Crippen LogP contribution in [0.15, 0.2) is 36.4 Å². The van der Waals surface area contributed by atoms with E-state index < -0.39 is 5.97 Å². The molecule has 0 amide bonds. The van der Waals surface area contributed by atoms with E-state index in [4.69, 9.17) is 5.11 Å². The molecule has 2 rings (SSSR count). The molecule has 2 nitrogen and oxygen atoms in total. The van der Waals surface area contributed by atoms with E-state index in [1.807, 2.05) is 13.0 Å². The molecule has 0 bridgehead atoms. The van der Waals surface area contributed by atoms with Crippen molar-refractivity contribution >= 4 is 5.97 Å². The Labute approximate surface area is 105 Å². The standard InChI is InChI=1S/C15H13FO2/c1-9-10(2)14(15(17)18)7-6-13(9)11-4-3-5-12(16)8-11/h3-8H,1-2H3,(H,17,18). The van der Waals surface area contributed by atoms with Crippen molar-refractivity contribution in [1.82, 2.24) is 0 Å². The van der Waals surface area contributed by atoms with Gasteiger partial charge in [0.1, 0.15) is 5.82 Å². The topological polar surface area (TPSA) is 37.3 Å². The Morgan fingerprint density at radius 1 is 1.11 bits per heavy atom. The van der Waals surface area contributed by atoms with Gasteiger partial charge in [-0.15, -0.1) is 0 Å². The third-order valence-electron chi connectivity index (χ3n) is 3.15. The Morgan fingerprint density at radius 2 is 1.83 bits per heavy atom. The summed E-state index contributed by atoms with van der Waals surface area (Å²) in [6, 6.07) is 9.57. The van der Waals surface area contributed by atoms with Crippen LogP contribution in [-0.2, 0) is 0 Å². The van der Waals surface area contributed by atoms with E-state index in [9.17, 15) is 9.18 Å². The predicted molar refractivity (Wildman–Crippen MR) is 68.3 cm³/mol. The molecule has 0 aliphatic carbocycles. The molecular weight excluding hydrogens is 231 g/mol. The van der Waals surface area contributed by atoms with Crippen molar-refractivity contribution < 1.29 is 14.3 Å². The number of aromatic carboxylic acids is 1. The Bertz CT molecular complexity index is 618. The number of benzene rings is 2. The van der Waals surface area contributed by atoms with Gasteiger partial charge in [-0.3, -0.25) is 0 Å². The first-order chi connectivity index (χ1) is 8.50. The number of carboxylic acid groups (broad SMARTS) is 1. The van der Waals surface area contributed by atoms with Crippen LogP contribution in [0.4, 0.5) is 4.39 Å². The Balaban J connectivity index is 2.61. The zero-order valence-electron chi connectivity index (χ0n) is 10.2. The van der Waals surface area contributed by atoms with Crippen molar-refractivity contribution in [3.8, 4) is 11.1 Å². The van der Waals surface area contributed by atoms with Gasteiger partial charge in [-0.2, -0.15) is 0 Å². The highest BCUT2D eigenvalue weighted by Gasteiger charge is 2.12. The number of carboxylic acids is 1. The molecule has 0 fully saturated rings. The monoisotopic (exact) mass is 244 g/mol. The summed E-state index contributed by atoms with van der Waals surface area (Å²) in [4.78, 5) is 11.0. The van der Waals surface area contributed by atoms with E-state index in [0.717, 1.165) is 16.7 Å². The number of hydrogen-bond acceptors (Lipinski definition) is 1. The van der Waals surface area contributed by atoms with Gasteiger partial charge in [0.25, 0.3) is 0 Å². The molecule has 0 saturated heterocycles. The molecular formula is C15H13FO2. The van der Waals surface area contributed by atoms with Gasteiger partial charge < -0.3 is 5.11 Å². The predicted octanol–water partition coefficient (Wildman–Crippen LogP) is 3.81. The first-order valence-electron chi connectivity index (χ1n) is 5.60. The highest BCUT2D eigenvalue weighted by atomic mass is 19.1. The molecule has 0 atom stereocenters. The molecule has 0 heterocycles. The normalized spacial score (nSPS) is 10.4. The molecule has 0 aromatic heterocycles. The van der Waals surface area contributed by atoms with Crippen LogP contribution >= 0.6 is 0 Å². The second kappa shape index (κ2) is 4.61. The highest BCUT2D eigenvalue weighted by molar-refractivity contribution is 5.91. The smallest absolute Gasteiger partial charge is 0.335 e. The van der Waals surface area contributed by atoms with E-state index in [0.29, 0.717) is 5.56 Å². The SMILES string of the molecule is Cc1c(C(=O)O)ccc(-c2cccc(F)c2)c1C. The van der Waals surface area contributed by atoms with Crippen LogP contribution in [0.1, 0.15) is 21.5 Å². The number of carbonyl (C=O) groups is 1. The molecule has 2 aromatic rings. The van der Waals surface area contributed by atoms with E-state index >= 15 is 0 Å². The number of hydrogen-bond donors (Lipinski definition) is 1. The lowest BCUT2D eigenvalue weighted by Crippen LogP contribution is -2.02. The van der Waals surface area contributed by atoms with Crippen LogP contribution in [-0.4, -0.2) is 11.1 Å². The fraction of sp³-hybridized carbons (Fsp3) is 0.133. The van der Waals surface area contributed by atoms with E-state index in [1.54, 1.807) is 25.1 Å². The van der Waals surface area contributed by atoms with Crippen molar-refractivity contribution in [2.45, 2.75) is 13.8 Å². The molecule has 0 aliphatic heterocycles. The van der Waals surface area contributed by atoms with Crippen LogP contribution in [0.25, 0.3) is 11.1 Å². The maximum atomic E-state index is 13.2. The first kappa shape index (κ1) is 12.3. The van der Waals surface area contributed by atoms with Crippen molar-refractivity contribution in [3.05, 3.63) is 58.9 Å². The number of halogens is 1. The summed E-state index contributed by atoms with van der Waals surface area (Å²) in [5.74, 6) is -1.24. The second-order valence-electron chi connectivity index (χ2n) is 4.23. The van der Waals surface area contributed by atoms with Gasteiger partial charge in [-0.25, -0.2) is 9.18 Å². The van der Waals surface area contributed by atoms with Crippen molar-refractivity contribution in [3.63, 3.8) is 0 Å². The Kier molecular flexibility index (Phi) is 3.15. The van der Waals surface area contributed by atoms with Gasteiger partial charge in [-0.1, -0.05) is 18.2 Å². The van der Waals surface area contributed by atoms with E-state index in [1.165, 1.54) is 12.1 Å². The molecule has 2 aromatic carbocycles. The van der Waals surface area contributed by atoms with Crippen LogP contribution in [0.2, 0.25) is 0 Å². The summed E-state index contributed by atoms with van der Waals surface area (Å²) in [7, 11) is 0. The quantitative estimate of drug-likeness (QED) is 0.872. The van der Waals surface area contributed by atoms with Crippen molar-refractivity contribution in [2.75, 3.05) is 0 Å². The third kappa shape index (κ3) is 2.12. The minimum Gasteiger partial charge on any atom is -0.478 e. The van der Waals surface area contributed by atoms with Crippen molar-refractivity contribution in [2.24, 2.45) is 0 Å².